The van der Waals surface area contributed by atoms with Crippen molar-refractivity contribution in [2.45, 2.75) is 62.8 Å². The second kappa shape index (κ2) is 7.22. The second-order valence-corrected chi connectivity index (χ2v) is 8.80. The Kier molecular flexibility index (Phi) is 4.67. The van der Waals surface area contributed by atoms with Gasteiger partial charge in [-0.15, -0.1) is 0 Å². The summed E-state index contributed by atoms with van der Waals surface area (Å²) < 4.78 is 5.58. The van der Waals surface area contributed by atoms with Crippen LogP contribution in [-0.4, -0.2) is 72.0 Å². The van der Waals surface area contributed by atoms with Crippen LogP contribution >= 0.6 is 0 Å². The number of ether oxygens (including phenoxy) is 1. The normalized spacial score (nSPS) is 30.7. The summed E-state index contributed by atoms with van der Waals surface area (Å²) in [4.78, 5) is 41.7. The van der Waals surface area contributed by atoms with Gasteiger partial charge in [-0.1, -0.05) is 0 Å². The predicted molar refractivity (Wildman–Crippen MR) is 106 cm³/mol. The molecule has 0 spiro atoms. The van der Waals surface area contributed by atoms with Crippen molar-refractivity contribution >= 4 is 17.7 Å². The second-order valence-electron chi connectivity index (χ2n) is 8.80. The van der Waals surface area contributed by atoms with E-state index in [1.807, 2.05) is 11.9 Å². The van der Waals surface area contributed by atoms with Gasteiger partial charge < -0.3 is 15.0 Å². The minimum absolute atomic E-state index is 0.0836. The van der Waals surface area contributed by atoms with Crippen LogP contribution in [0.4, 0.5) is 0 Å². The number of amides is 3. The van der Waals surface area contributed by atoms with Crippen LogP contribution in [-0.2, 0) is 4.74 Å². The van der Waals surface area contributed by atoms with Gasteiger partial charge in [-0.05, 0) is 56.7 Å². The lowest BCUT2D eigenvalue weighted by Gasteiger charge is -2.35. The Balaban J connectivity index is 1.33. The molecular formula is C22H27N3O4. The third-order valence-corrected chi connectivity index (χ3v) is 6.94. The molecule has 3 atom stereocenters. The Hall–Kier alpha value is -2.25. The van der Waals surface area contributed by atoms with Crippen molar-refractivity contribution in [3.8, 4) is 0 Å². The molecule has 3 fully saturated rings. The molecule has 1 aromatic rings. The summed E-state index contributed by atoms with van der Waals surface area (Å²) in [5.74, 6) is -0.697. The number of hydrogen-bond acceptors (Lipinski definition) is 5. The number of hydrogen-bond donors (Lipinski definition) is 1. The van der Waals surface area contributed by atoms with E-state index < -0.39 is 0 Å². The highest BCUT2D eigenvalue weighted by Crippen LogP contribution is 2.31. The lowest BCUT2D eigenvalue weighted by Crippen LogP contribution is -2.48. The fourth-order valence-corrected chi connectivity index (χ4v) is 5.29. The van der Waals surface area contributed by atoms with Gasteiger partial charge in [-0.25, -0.2) is 0 Å². The predicted octanol–water partition coefficient (Wildman–Crippen LogP) is 1.82. The molecule has 2 bridgehead atoms. The first-order chi connectivity index (χ1) is 14.0. The van der Waals surface area contributed by atoms with Crippen LogP contribution in [0, 0.1) is 0 Å². The Morgan fingerprint density at radius 1 is 1.14 bits per heavy atom. The maximum Gasteiger partial charge on any atom is 0.261 e. The molecule has 0 aliphatic carbocycles. The largest absolute Gasteiger partial charge is 0.376 e. The highest BCUT2D eigenvalue weighted by molar-refractivity contribution is 6.22. The minimum atomic E-state index is -0.322. The lowest BCUT2D eigenvalue weighted by molar-refractivity contribution is 0.0475. The van der Waals surface area contributed by atoms with Crippen LogP contribution in [0.2, 0.25) is 0 Å². The van der Waals surface area contributed by atoms with E-state index in [1.165, 1.54) is 17.7 Å². The van der Waals surface area contributed by atoms with Crippen LogP contribution in [0.3, 0.4) is 0 Å². The van der Waals surface area contributed by atoms with Crippen molar-refractivity contribution in [3.05, 3.63) is 34.9 Å². The fraction of sp³-hybridized carbons (Fsp3) is 0.591. The van der Waals surface area contributed by atoms with Crippen LogP contribution in [0.15, 0.2) is 18.2 Å². The van der Waals surface area contributed by atoms with Crippen molar-refractivity contribution in [1.82, 2.24) is 15.1 Å². The van der Waals surface area contributed by atoms with E-state index in [-0.39, 0.29) is 36.4 Å². The zero-order valence-corrected chi connectivity index (χ0v) is 16.7. The molecule has 4 heterocycles. The number of fused-ring (bicyclic) bond motifs is 3. The van der Waals surface area contributed by atoms with E-state index >= 15 is 0 Å². The molecule has 0 radical (unpaired) electrons. The summed E-state index contributed by atoms with van der Waals surface area (Å²) in [6.07, 6.45) is 6.03. The van der Waals surface area contributed by atoms with Crippen molar-refractivity contribution in [3.63, 3.8) is 0 Å². The summed E-state index contributed by atoms with van der Waals surface area (Å²) >= 11 is 0. The fourth-order valence-electron chi connectivity index (χ4n) is 5.29. The van der Waals surface area contributed by atoms with Crippen LogP contribution in [0.1, 0.15) is 69.6 Å². The van der Waals surface area contributed by atoms with Gasteiger partial charge in [0.15, 0.2) is 0 Å². The molecule has 3 unspecified atom stereocenters. The molecular weight excluding hydrogens is 370 g/mol. The van der Waals surface area contributed by atoms with Crippen molar-refractivity contribution < 1.29 is 19.1 Å². The Morgan fingerprint density at radius 3 is 2.55 bits per heavy atom. The van der Waals surface area contributed by atoms with E-state index in [4.69, 9.17) is 4.74 Å². The van der Waals surface area contributed by atoms with Crippen LogP contribution in [0.5, 0.6) is 0 Å². The van der Waals surface area contributed by atoms with E-state index in [2.05, 4.69) is 5.32 Å². The highest BCUT2D eigenvalue weighted by Gasteiger charge is 2.39. The Morgan fingerprint density at radius 2 is 1.86 bits per heavy atom. The summed E-state index contributed by atoms with van der Waals surface area (Å²) in [6, 6.07) is 6.10. The van der Waals surface area contributed by atoms with Gasteiger partial charge in [-0.2, -0.15) is 0 Å². The number of imide groups is 1. The molecule has 5 rings (SSSR count). The first-order valence-corrected chi connectivity index (χ1v) is 10.7. The Bertz CT molecular complexity index is 852. The maximum absolute atomic E-state index is 13.1. The van der Waals surface area contributed by atoms with Gasteiger partial charge in [0.25, 0.3) is 17.7 Å². The summed E-state index contributed by atoms with van der Waals surface area (Å²) in [6.45, 7) is 0.963. The van der Waals surface area contributed by atoms with E-state index in [0.29, 0.717) is 35.4 Å². The number of nitrogens with zero attached hydrogens (tertiary/aromatic N) is 2. The lowest BCUT2D eigenvalue weighted by atomic mass is 9.97. The average molecular weight is 397 g/mol. The van der Waals surface area contributed by atoms with Gasteiger partial charge in [0.2, 0.25) is 0 Å². The van der Waals surface area contributed by atoms with Gasteiger partial charge in [0.05, 0.1) is 23.8 Å². The highest BCUT2D eigenvalue weighted by atomic mass is 16.5. The van der Waals surface area contributed by atoms with Crippen LogP contribution < -0.4 is 5.32 Å². The van der Waals surface area contributed by atoms with E-state index in [1.54, 1.807) is 18.2 Å². The summed E-state index contributed by atoms with van der Waals surface area (Å²) in [5.41, 5.74) is 1.18. The molecule has 0 aromatic heterocycles. The van der Waals surface area contributed by atoms with Gasteiger partial charge >= 0.3 is 0 Å². The van der Waals surface area contributed by atoms with Gasteiger partial charge in [0, 0.05) is 37.3 Å². The number of nitrogens with one attached hydrogen (secondary N) is 1. The summed E-state index contributed by atoms with van der Waals surface area (Å²) in [7, 11) is 1.85. The third-order valence-electron chi connectivity index (χ3n) is 6.94. The van der Waals surface area contributed by atoms with Crippen LogP contribution in [0.25, 0.3) is 0 Å². The van der Waals surface area contributed by atoms with Crippen molar-refractivity contribution in [2.24, 2.45) is 0 Å². The molecule has 0 saturated carbocycles. The molecule has 29 heavy (non-hydrogen) atoms. The molecule has 4 aliphatic heterocycles. The number of carbonyl (C=O) groups excluding carboxylic acids is 3. The quantitative estimate of drug-likeness (QED) is 0.784. The van der Waals surface area contributed by atoms with Crippen molar-refractivity contribution in [1.29, 1.82) is 0 Å². The Labute approximate surface area is 170 Å². The third kappa shape index (κ3) is 3.26. The monoisotopic (exact) mass is 397 g/mol. The zero-order chi connectivity index (χ0) is 20.1. The maximum atomic E-state index is 13.1. The number of piperidine rings is 1. The first kappa shape index (κ1) is 18.8. The van der Waals surface area contributed by atoms with E-state index in [9.17, 15) is 14.4 Å². The smallest absolute Gasteiger partial charge is 0.261 e. The topological polar surface area (TPSA) is 79.0 Å². The molecule has 154 valence electrons. The average Bonchev–Trinajstić information content (AvgIpc) is 3.43. The molecule has 4 aliphatic rings. The molecule has 3 saturated heterocycles. The number of benzene rings is 1. The minimum Gasteiger partial charge on any atom is -0.376 e. The summed E-state index contributed by atoms with van der Waals surface area (Å²) in [5, 5.41) is 3.60. The molecule has 7 nitrogen and oxygen atoms in total. The standard InChI is InChI=1S/C22H27N3O4/c1-24(16-10-14-5-6-15(11-16)23-14)20(26)13-4-7-18-19(9-13)22(28)25(21(18)27)12-17-3-2-8-29-17/h4,7,9,14-17,23H,2-3,5-6,8,10-12H2,1H3. The van der Waals surface area contributed by atoms with Gasteiger partial charge in [0.1, 0.15) is 0 Å². The first-order valence-electron chi connectivity index (χ1n) is 10.7. The molecule has 1 N–H and O–H groups in total. The molecule has 7 heteroatoms. The van der Waals surface area contributed by atoms with Crippen molar-refractivity contribution in [2.75, 3.05) is 20.2 Å². The van der Waals surface area contributed by atoms with E-state index in [0.717, 1.165) is 25.7 Å². The van der Waals surface area contributed by atoms with Gasteiger partial charge in [-0.3, -0.25) is 19.3 Å². The molecule has 3 amide bonds. The number of carbonyl (C=O) groups is 3. The SMILES string of the molecule is CN(C(=O)c1ccc2c(c1)C(=O)N(CC1CCCO1)C2=O)C1CC2CCC(C1)N2. The molecule has 1 aromatic carbocycles. The number of rotatable bonds is 4. The zero-order valence-electron chi connectivity index (χ0n) is 16.7.